The van der Waals surface area contributed by atoms with E-state index in [1.54, 1.807) is 0 Å². The van der Waals surface area contributed by atoms with Crippen molar-refractivity contribution in [1.82, 2.24) is 4.98 Å². The predicted molar refractivity (Wildman–Crippen MR) is 58.8 cm³/mol. The number of benzene rings is 1. The summed E-state index contributed by atoms with van der Waals surface area (Å²) in [7, 11) is 0. The lowest BCUT2D eigenvalue weighted by Gasteiger charge is -2.04. The zero-order chi connectivity index (χ0) is 11.0. The largest absolute Gasteiger partial charge is 0.325 e. The summed E-state index contributed by atoms with van der Waals surface area (Å²) in [6.45, 7) is 3.82. The lowest BCUT2D eigenvalue weighted by atomic mass is 10.0. The van der Waals surface area contributed by atoms with E-state index in [2.05, 4.69) is 4.98 Å². The molecule has 0 fully saturated rings. The third kappa shape index (κ3) is 1.40. The molecule has 0 amide bonds. The number of nitrogens with one attached hydrogen (secondary N) is 1. The lowest BCUT2D eigenvalue weighted by molar-refractivity contribution is 1.16. The molecule has 2 rings (SSSR count). The van der Waals surface area contributed by atoms with E-state index in [0.29, 0.717) is 0 Å². The summed E-state index contributed by atoms with van der Waals surface area (Å²) in [5.74, 6) is 0. The van der Waals surface area contributed by atoms with E-state index in [4.69, 9.17) is 5.26 Å². The number of nitriles is 1. The van der Waals surface area contributed by atoms with Crippen LogP contribution in [0.2, 0.25) is 0 Å². The van der Waals surface area contributed by atoms with Crippen molar-refractivity contribution in [2.45, 2.75) is 13.8 Å². The van der Waals surface area contributed by atoms with Gasteiger partial charge in [0.05, 0.1) is 0 Å². The molecule has 0 radical (unpaired) electrons. The van der Waals surface area contributed by atoms with Crippen LogP contribution >= 0.6 is 0 Å². The van der Waals surface area contributed by atoms with E-state index in [1.807, 2.05) is 38.1 Å². The highest BCUT2D eigenvalue weighted by molar-refractivity contribution is 5.89. The van der Waals surface area contributed by atoms with Gasteiger partial charge in [0.25, 0.3) is 5.56 Å². The molecule has 1 aromatic heterocycles. The van der Waals surface area contributed by atoms with Crippen molar-refractivity contribution >= 4 is 10.8 Å². The smallest absolute Gasteiger partial charge is 0.266 e. The first-order valence-corrected chi connectivity index (χ1v) is 4.67. The Balaban J connectivity index is 3.05. The molecule has 0 unspecified atom stereocenters. The van der Waals surface area contributed by atoms with Crippen molar-refractivity contribution in [3.63, 3.8) is 0 Å². The van der Waals surface area contributed by atoms with Gasteiger partial charge in [-0.15, -0.1) is 0 Å². The summed E-state index contributed by atoms with van der Waals surface area (Å²) >= 11 is 0. The first-order valence-electron chi connectivity index (χ1n) is 4.67. The zero-order valence-electron chi connectivity index (χ0n) is 8.59. The molecule has 0 aliphatic carbocycles. The second-order valence-corrected chi connectivity index (χ2v) is 3.61. The van der Waals surface area contributed by atoms with Gasteiger partial charge in [-0.2, -0.15) is 5.26 Å². The molecular formula is C12H10N2O. The molecule has 0 saturated carbocycles. The van der Waals surface area contributed by atoms with Gasteiger partial charge in [0.2, 0.25) is 0 Å². The first kappa shape index (κ1) is 9.47. The fourth-order valence-electron chi connectivity index (χ4n) is 1.72. The number of aromatic amines is 1. The molecular weight excluding hydrogens is 188 g/mol. The normalized spacial score (nSPS) is 10.2. The number of aryl methyl sites for hydroxylation is 2. The van der Waals surface area contributed by atoms with E-state index < -0.39 is 0 Å². The summed E-state index contributed by atoms with van der Waals surface area (Å²) in [5.41, 5.74) is 1.79. The van der Waals surface area contributed by atoms with Crippen LogP contribution in [-0.4, -0.2) is 4.98 Å². The van der Waals surface area contributed by atoms with Crippen molar-refractivity contribution in [2.75, 3.05) is 0 Å². The SMILES string of the molecule is Cc1ccc2c(C#N)c(=O)[nH]c(C)c2c1. The number of rotatable bonds is 0. The minimum Gasteiger partial charge on any atom is -0.325 e. The minimum absolute atomic E-state index is 0.190. The van der Waals surface area contributed by atoms with Crippen LogP contribution in [0, 0.1) is 25.2 Å². The molecule has 0 aliphatic heterocycles. The van der Waals surface area contributed by atoms with Crippen LogP contribution in [-0.2, 0) is 0 Å². The van der Waals surface area contributed by atoms with E-state index in [-0.39, 0.29) is 11.1 Å². The lowest BCUT2D eigenvalue weighted by Crippen LogP contribution is -2.12. The summed E-state index contributed by atoms with van der Waals surface area (Å²) < 4.78 is 0. The van der Waals surface area contributed by atoms with E-state index in [9.17, 15) is 4.79 Å². The van der Waals surface area contributed by atoms with Gasteiger partial charge in [-0.1, -0.05) is 17.7 Å². The van der Waals surface area contributed by atoms with Crippen molar-refractivity contribution in [3.05, 3.63) is 45.4 Å². The second kappa shape index (κ2) is 3.25. The van der Waals surface area contributed by atoms with Crippen molar-refractivity contribution < 1.29 is 0 Å². The topological polar surface area (TPSA) is 56.6 Å². The Morgan fingerprint density at radius 3 is 2.67 bits per heavy atom. The van der Waals surface area contributed by atoms with Gasteiger partial charge in [-0.05, 0) is 19.9 Å². The summed E-state index contributed by atoms with van der Waals surface area (Å²) in [6.07, 6.45) is 0. The van der Waals surface area contributed by atoms with Crippen LogP contribution < -0.4 is 5.56 Å². The van der Waals surface area contributed by atoms with E-state index in [1.165, 1.54) is 0 Å². The van der Waals surface area contributed by atoms with Gasteiger partial charge in [0, 0.05) is 16.5 Å². The summed E-state index contributed by atoms with van der Waals surface area (Å²) in [6, 6.07) is 7.64. The number of hydrogen-bond acceptors (Lipinski definition) is 2. The maximum Gasteiger partial charge on any atom is 0.266 e. The van der Waals surface area contributed by atoms with Crippen LogP contribution in [0.15, 0.2) is 23.0 Å². The summed E-state index contributed by atoms with van der Waals surface area (Å²) in [4.78, 5) is 14.2. The van der Waals surface area contributed by atoms with Crippen molar-refractivity contribution in [1.29, 1.82) is 5.26 Å². The van der Waals surface area contributed by atoms with Crippen LogP contribution in [0.1, 0.15) is 16.8 Å². The fraction of sp³-hybridized carbons (Fsp3) is 0.167. The highest BCUT2D eigenvalue weighted by Crippen LogP contribution is 2.19. The van der Waals surface area contributed by atoms with Gasteiger partial charge in [0.1, 0.15) is 11.6 Å². The fourth-order valence-corrected chi connectivity index (χ4v) is 1.72. The highest BCUT2D eigenvalue weighted by atomic mass is 16.1. The molecule has 15 heavy (non-hydrogen) atoms. The Bertz CT molecular complexity index is 632. The van der Waals surface area contributed by atoms with Crippen LogP contribution in [0.3, 0.4) is 0 Å². The molecule has 3 nitrogen and oxygen atoms in total. The molecule has 0 saturated heterocycles. The third-order valence-corrected chi connectivity index (χ3v) is 2.49. The Morgan fingerprint density at radius 2 is 2.00 bits per heavy atom. The van der Waals surface area contributed by atoms with Crippen LogP contribution in [0.4, 0.5) is 0 Å². The molecule has 0 atom stereocenters. The predicted octanol–water partition coefficient (Wildman–Crippen LogP) is 2.02. The first-order chi connectivity index (χ1) is 7.13. The monoisotopic (exact) mass is 198 g/mol. The average molecular weight is 198 g/mol. The molecule has 2 aromatic rings. The number of aromatic nitrogens is 1. The maximum absolute atomic E-state index is 11.5. The van der Waals surface area contributed by atoms with Crippen molar-refractivity contribution in [3.8, 4) is 6.07 Å². The molecule has 74 valence electrons. The Kier molecular flexibility index (Phi) is 2.05. The minimum atomic E-state index is -0.314. The molecule has 1 N–H and O–H groups in total. The number of nitrogens with zero attached hydrogens (tertiary/aromatic N) is 1. The Hall–Kier alpha value is -2.08. The number of fused-ring (bicyclic) bond motifs is 1. The molecule has 0 bridgehead atoms. The van der Waals surface area contributed by atoms with Gasteiger partial charge in [-0.25, -0.2) is 0 Å². The van der Waals surface area contributed by atoms with Crippen molar-refractivity contribution in [2.24, 2.45) is 0 Å². The third-order valence-electron chi connectivity index (χ3n) is 2.49. The Labute approximate surface area is 87.0 Å². The highest BCUT2D eigenvalue weighted by Gasteiger charge is 2.07. The van der Waals surface area contributed by atoms with Gasteiger partial charge < -0.3 is 4.98 Å². The van der Waals surface area contributed by atoms with Gasteiger partial charge >= 0.3 is 0 Å². The number of pyridine rings is 1. The maximum atomic E-state index is 11.5. The Morgan fingerprint density at radius 1 is 1.27 bits per heavy atom. The van der Waals surface area contributed by atoms with Gasteiger partial charge in [-0.3, -0.25) is 4.79 Å². The second-order valence-electron chi connectivity index (χ2n) is 3.61. The van der Waals surface area contributed by atoms with E-state index in [0.717, 1.165) is 22.0 Å². The number of hydrogen-bond donors (Lipinski definition) is 1. The molecule has 0 aliphatic rings. The van der Waals surface area contributed by atoms with Crippen LogP contribution in [0.25, 0.3) is 10.8 Å². The zero-order valence-corrected chi connectivity index (χ0v) is 8.59. The quantitative estimate of drug-likeness (QED) is 0.704. The van der Waals surface area contributed by atoms with Crippen LogP contribution in [0.5, 0.6) is 0 Å². The average Bonchev–Trinajstić information content (AvgIpc) is 2.19. The number of H-pyrrole nitrogens is 1. The molecule has 0 spiro atoms. The molecule has 1 heterocycles. The molecule has 3 heteroatoms. The van der Waals surface area contributed by atoms with E-state index >= 15 is 0 Å². The van der Waals surface area contributed by atoms with Gasteiger partial charge in [0.15, 0.2) is 0 Å². The standard InChI is InChI=1S/C12H10N2O/c1-7-3-4-9-10(5-7)8(2)14-12(15)11(9)6-13/h3-5H,1-2H3,(H,14,15). The molecule has 1 aromatic carbocycles. The summed E-state index contributed by atoms with van der Waals surface area (Å²) in [5, 5.41) is 10.6.